The summed E-state index contributed by atoms with van der Waals surface area (Å²) in [6, 6.07) is 9.68. The van der Waals surface area contributed by atoms with Gasteiger partial charge < -0.3 is 15.0 Å². The van der Waals surface area contributed by atoms with Gasteiger partial charge in [-0.25, -0.2) is 4.39 Å². The number of carbonyl (C=O) groups excluding carboxylic acids is 1. The molecule has 0 saturated heterocycles. The fourth-order valence-electron chi connectivity index (χ4n) is 2.50. The molecule has 1 N–H and O–H groups in total. The zero-order valence-electron chi connectivity index (χ0n) is 14.6. The van der Waals surface area contributed by atoms with Crippen molar-refractivity contribution in [2.75, 3.05) is 29.9 Å². The number of benzene rings is 2. The van der Waals surface area contributed by atoms with Crippen LogP contribution in [0.4, 0.5) is 15.8 Å². The maximum absolute atomic E-state index is 13.0. The highest BCUT2D eigenvalue weighted by molar-refractivity contribution is 6.32. The first-order valence-corrected chi connectivity index (χ1v) is 8.55. The third kappa shape index (κ3) is 5.10. The molecule has 0 atom stereocenters. The van der Waals surface area contributed by atoms with Crippen LogP contribution in [-0.2, 0) is 4.79 Å². The average molecular weight is 365 g/mol. The van der Waals surface area contributed by atoms with E-state index in [1.165, 1.54) is 12.1 Å². The van der Waals surface area contributed by atoms with Crippen LogP contribution in [0.5, 0.6) is 5.75 Å². The molecule has 0 heterocycles. The molecule has 0 spiro atoms. The summed E-state index contributed by atoms with van der Waals surface area (Å²) < 4.78 is 18.3. The lowest BCUT2D eigenvalue weighted by atomic mass is 10.1. The van der Waals surface area contributed by atoms with Crippen LogP contribution in [0.25, 0.3) is 0 Å². The van der Waals surface area contributed by atoms with Crippen molar-refractivity contribution in [2.45, 2.75) is 20.8 Å². The van der Waals surface area contributed by atoms with Gasteiger partial charge in [-0.3, -0.25) is 4.79 Å². The molecule has 0 aliphatic heterocycles. The molecule has 1 amide bonds. The van der Waals surface area contributed by atoms with E-state index in [0.29, 0.717) is 0 Å². The monoisotopic (exact) mass is 364 g/mol. The Morgan fingerprint density at radius 1 is 1.20 bits per heavy atom. The SMILES string of the molecule is CCN(CC)c1ccc(NC(=O)COc2ccc(F)cc2Cl)c(C)c1. The van der Waals surface area contributed by atoms with Crippen LogP contribution in [0, 0.1) is 12.7 Å². The Labute approximate surface area is 152 Å². The second kappa shape index (κ2) is 8.72. The van der Waals surface area contributed by atoms with Crippen LogP contribution < -0.4 is 15.0 Å². The van der Waals surface area contributed by atoms with E-state index in [2.05, 4.69) is 24.1 Å². The molecule has 25 heavy (non-hydrogen) atoms. The molecule has 0 saturated carbocycles. The largest absolute Gasteiger partial charge is 0.482 e. The minimum absolute atomic E-state index is 0.132. The molecule has 0 unspecified atom stereocenters. The molecule has 6 heteroatoms. The summed E-state index contributed by atoms with van der Waals surface area (Å²) in [6.07, 6.45) is 0. The van der Waals surface area contributed by atoms with Crippen molar-refractivity contribution in [3.63, 3.8) is 0 Å². The quantitative estimate of drug-likeness (QED) is 0.777. The van der Waals surface area contributed by atoms with Crippen molar-refractivity contribution in [1.82, 2.24) is 0 Å². The predicted octanol–water partition coefficient (Wildman–Crippen LogP) is 4.65. The van der Waals surface area contributed by atoms with E-state index in [0.717, 1.165) is 36.1 Å². The lowest BCUT2D eigenvalue weighted by molar-refractivity contribution is -0.118. The lowest BCUT2D eigenvalue weighted by Crippen LogP contribution is -2.23. The molecule has 2 aromatic carbocycles. The van der Waals surface area contributed by atoms with Gasteiger partial charge in [0.2, 0.25) is 0 Å². The Bertz CT molecular complexity index is 748. The van der Waals surface area contributed by atoms with Crippen molar-refractivity contribution in [3.05, 3.63) is 52.8 Å². The summed E-state index contributed by atoms with van der Waals surface area (Å²) in [5, 5.41) is 2.95. The molecule has 0 aromatic heterocycles. The fourth-order valence-corrected chi connectivity index (χ4v) is 2.72. The van der Waals surface area contributed by atoms with Crippen LogP contribution in [0.15, 0.2) is 36.4 Å². The van der Waals surface area contributed by atoms with E-state index >= 15 is 0 Å². The summed E-state index contributed by atoms with van der Waals surface area (Å²) in [5.41, 5.74) is 2.82. The topological polar surface area (TPSA) is 41.6 Å². The zero-order chi connectivity index (χ0) is 18.4. The molecule has 2 aromatic rings. The number of amides is 1. The van der Waals surface area contributed by atoms with Gasteiger partial charge in [0.15, 0.2) is 6.61 Å². The summed E-state index contributed by atoms with van der Waals surface area (Å²) in [7, 11) is 0. The first-order chi connectivity index (χ1) is 11.9. The van der Waals surface area contributed by atoms with Crippen LogP contribution in [0.1, 0.15) is 19.4 Å². The number of ether oxygens (including phenoxy) is 1. The number of aryl methyl sites for hydroxylation is 1. The second-order valence-corrected chi connectivity index (χ2v) is 5.99. The van der Waals surface area contributed by atoms with Gasteiger partial charge in [0.1, 0.15) is 11.6 Å². The second-order valence-electron chi connectivity index (χ2n) is 5.58. The molecular weight excluding hydrogens is 343 g/mol. The highest BCUT2D eigenvalue weighted by Crippen LogP contribution is 2.25. The number of carbonyl (C=O) groups is 1. The van der Waals surface area contributed by atoms with Crippen molar-refractivity contribution in [3.8, 4) is 5.75 Å². The molecule has 0 aliphatic carbocycles. The summed E-state index contributed by atoms with van der Waals surface area (Å²) >= 11 is 5.87. The molecule has 0 bridgehead atoms. The number of nitrogens with one attached hydrogen (secondary N) is 1. The van der Waals surface area contributed by atoms with Gasteiger partial charge in [-0.2, -0.15) is 0 Å². The minimum Gasteiger partial charge on any atom is -0.482 e. The zero-order valence-corrected chi connectivity index (χ0v) is 15.4. The maximum Gasteiger partial charge on any atom is 0.262 e. The van der Waals surface area contributed by atoms with Gasteiger partial charge in [0, 0.05) is 24.5 Å². The van der Waals surface area contributed by atoms with E-state index in [-0.39, 0.29) is 23.3 Å². The summed E-state index contributed by atoms with van der Waals surface area (Å²) in [6.45, 7) is 7.80. The number of nitrogens with zero attached hydrogens (tertiary/aromatic N) is 1. The van der Waals surface area contributed by atoms with Crippen molar-refractivity contribution in [2.24, 2.45) is 0 Å². The smallest absolute Gasteiger partial charge is 0.262 e. The van der Waals surface area contributed by atoms with Crippen LogP contribution in [0.2, 0.25) is 5.02 Å². The third-order valence-electron chi connectivity index (χ3n) is 3.87. The normalized spacial score (nSPS) is 10.4. The van der Waals surface area contributed by atoms with Gasteiger partial charge in [0.25, 0.3) is 5.91 Å². The molecule has 0 radical (unpaired) electrons. The third-order valence-corrected chi connectivity index (χ3v) is 4.16. The number of anilines is 2. The number of rotatable bonds is 7. The summed E-state index contributed by atoms with van der Waals surface area (Å²) in [4.78, 5) is 14.3. The van der Waals surface area contributed by atoms with E-state index < -0.39 is 5.82 Å². The van der Waals surface area contributed by atoms with Gasteiger partial charge in [-0.05, 0) is 62.7 Å². The van der Waals surface area contributed by atoms with E-state index in [1.807, 2.05) is 25.1 Å². The van der Waals surface area contributed by atoms with Crippen molar-refractivity contribution < 1.29 is 13.9 Å². The van der Waals surface area contributed by atoms with Gasteiger partial charge in [-0.15, -0.1) is 0 Å². The Balaban J connectivity index is 1.98. The molecule has 0 fully saturated rings. The first-order valence-electron chi connectivity index (χ1n) is 8.17. The Morgan fingerprint density at radius 3 is 2.52 bits per heavy atom. The van der Waals surface area contributed by atoms with Gasteiger partial charge in [-0.1, -0.05) is 11.6 Å². The first kappa shape index (κ1) is 19.1. The van der Waals surface area contributed by atoms with Crippen molar-refractivity contribution >= 4 is 28.9 Å². The van der Waals surface area contributed by atoms with Gasteiger partial charge >= 0.3 is 0 Å². The van der Waals surface area contributed by atoms with E-state index in [1.54, 1.807) is 0 Å². The van der Waals surface area contributed by atoms with E-state index in [4.69, 9.17) is 16.3 Å². The Kier molecular flexibility index (Phi) is 6.65. The number of hydrogen-bond acceptors (Lipinski definition) is 3. The molecular formula is C19H22ClFN2O2. The Hall–Kier alpha value is -2.27. The number of halogens is 2. The molecule has 2 rings (SSSR count). The predicted molar refractivity (Wildman–Crippen MR) is 100 cm³/mol. The van der Waals surface area contributed by atoms with Crippen molar-refractivity contribution in [1.29, 1.82) is 0 Å². The molecule has 0 aliphatic rings. The lowest BCUT2D eigenvalue weighted by Gasteiger charge is -2.22. The van der Waals surface area contributed by atoms with Crippen LogP contribution in [0.3, 0.4) is 0 Å². The van der Waals surface area contributed by atoms with Crippen LogP contribution in [-0.4, -0.2) is 25.6 Å². The standard InChI is InChI=1S/C19H22ClFN2O2/c1-4-23(5-2)15-7-8-17(13(3)10-15)22-19(24)12-25-18-9-6-14(21)11-16(18)20/h6-11H,4-5,12H2,1-3H3,(H,22,24). The Morgan fingerprint density at radius 2 is 1.92 bits per heavy atom. The maximum atomic E-state index is 13.0. The number of hydrogen-bond donors (Lipinski definition) is 1. The molecule has 134 valence electrons. The minimum atomic E-state index is -0.453. The average Bonchev–Trinajstić information content (AvgIpc) is 2.57. The highest BCUT2D eigenvalue weighted by Gasteiger charge is 2.10. The molecule has 4 nitrogen and oxygen atoms in total. The summed E-state index contributed by atoms with van der Waals surface area (Å²) in [5.74, 6) is -0.489. The fraction of sp³-hybridized carbons (Fsp3) is 0.316. The van der Waals surface area contributed by atoms with Gasteiger partial charge in [0.05, 0.1) is 5.02 Å². The van der Waals surface area contributed by atoms with Crippen LogP contribution >= 0.6 is 11.6 Å². The van der Waals surface area contributed by atoms with E-state index in [9.17, 15) is 9.18 Å². The highest BCUT2D eigenvalue weighted by atomic mass is 35.5.